The minimum absolute atomic E-state index is 0.131. The molecule has 0 N–H and O–H groups in total. The summed E-state index contributed by atoms with van der Waals surface area (Å²) in [6.07, 6.45) is 4.03. The molecular formula is C24H32N2O4S. The molecule has 1 saturated heterocycles. The van der Waals surface area contributed by atoms with E-state index in [1.807, 2.05) is 19.1 Å². The van der Waals surface area contributed by atoms with Crippen LogP contribution in [0.5, 0.6) is 5.75 Å². The number of nitrogens with zero attached hydrogens (tertiary/aromatic N) is 2. The van der Waals surface area contributed by atoms with E-state index < -0.39 is 10.0 Å². The number of piperidine rings is 1. The van der Waals surface area contributed by atoms with E-state index in [0.29, 0.717) is 25.6 Å². The van der Waals surface area contributed by atoms with Crippen molar-refractivity contribution in [3.05, 3.63) is 60.2 Å². The Morgan fingerprint density at radius 2 is 1.71 bits per heavy atom. The first kappa shape index (κ1) is 23.3. The smallest absolute Gasteiger partial charge is 0.243 e. The van der Waals surface area contributed by atoms with Crippen LogP contribution in [-0.4, -0.2) is 56.8 Å². The summed E-state index contributed by atoms with van der Waals surface area (Å²) >= 11 is 0. The Morgan fingerprint density at radius 3 is 2.32 bits per heavy atom. The summed E-state index contributed by atoms with van der Waals surface area (Å²) in [5.74, 6) is 1.35. The number of aryl methyl sites for hydroxylation is 1. The molecule has 1 aliphatic heterocycles. The van der Waals surface area contributed by atoms with Crippen molar-refractivity contribution in [2.45, 2.75) is 37.5 Å². The zero-order valence-electron chi connectivity index (χ0n) is 18.4. The number of carbonyl (C=O) groups is 1. The van der Waals surface area contributed by atoms with Gasteiger partial charge in [-0.2, -0.15) is 4.31 Å². The first-order valence-corrected chi connectivity index (χ1v) is 12.3. The first-order valence-electron chi connectivity index (χ1n) is 10.9. The third-order valence-corrected chi connectivity index (χ3v) is 7.67. The van der Waals surface area contributed by atoms with Crippen LogP contribution in [0.25, 0.3) is 0 Å². The molecule has 6 nitrogen and oxygen atoms in total. The molecule has 168 valence electrons. The van der Waals surface area contributed by atoms with Crippen LogP contribution in [0.4, 0.5) is 0 Å². The standard InChI is InChI=1S/C24H32N2O4S/c1-3-30-22-13-11-20(12-14-22)9-10-21-15-17-26(18-16-21)24(27)19-25(2)31(28,29)23-7-5-4-6-8-23/h4-8,11-14,21H,3,9-10,15-19H2,1-2H3. The van der Waals surface area contributed by atoms with Crippen LogP contribution in [0.2, 0.25) is 0 Å². The molecule has 0 bridgehead atoms. The molecule has 0 aliphatic carbocycles. The van der Waals surface area contributed by atoms with Crippen molar-refractivity contribution in [1.82, 2.24) is 9.21 Å². The monoisotopic (exact) mass is 444 g/mol. The number of ether oxygens (including phenoxy) is 1. The Bertz CT molecular complexity index is 937. The number of sulfonamides is 1. The van der Waals surface area contributed by atoms with Gasteiger partial charge in [0.2, 0.25) is 15.9 Å². The predicted molar refractivity (Wildman–Crippen MR) is 121 cm³/mol. The second-order valence-electron chi connectivity index (χ2n) is 8.01. The normalized spacial score (nSPS) is 15.3. The van der Waals surface area contributed by atoms with E-state index in [-0.39, 0.29) is 17.3 Å². The van der Waals surface area contributed by atoms with Gasteiger partial charge in [0.15, 0.2) is 0 Å². The van der Waals surface area contributed by atoms with Crippen LogP contribution in [0.1, 0.15) is 31.7 Å². The van der Waals surface area contributed by atoms with Crippen LogP contribution in [0, 0.1) is 5.92 Å². The van der Waals surface area contributed by atoms with E-state index in [1.54, 1.807) is 35.2 Å². The molecule has 0 saturated carbocycles. The van der Waals surface area contributed by atoms with Gasteiger partial charge >= 0.3 is 0 Å². The highest BCUT2D eigenvalue weighted by molar-refractivity contribution is 7.89. The van der Waals surface area contributed by atoms with Crippen molar-refractivity contribution in [3.8, 4) is 5.75 Å². The summed E-state index contributed by atoms with van der Waals surface area (Å²) < 4.78 is 31.9. The van der Waals surface area contributed by atoms with Crippen LogP contribution in [0.15, 0.2) is 59.5 Å². The third-order valence-electron chi connectivity index (χ3n) is 5.85. The summed E-state index contributed by atoms with van der Waals surface area (Å²) in [5, 5.41) is 0. The molecule has 0 spiro atoms. The van der Waals surface area contributed by atoms with E-state index in [1.165, 1.54) is 12.6 Å². The maximum Gasteiger partial charge on any atom is 0.243 e. The van der Waals surface area contributed by atoms with Crippen molar-refractivity contribution in [2.75, 3.05) is 33.3 Å². The number of carbonyl (C=O) groups excluding carboxylic acids is 1. The van der Waals surface area contributed by atoms with Gasteiger partial charge in [-0.05, 0) is 68.4 Å². The van der Waals surface area contributed by atoms with Gasteiger partial charge in [-0.1, -0.05) is 30.3 Å². The summed E-state index contributed by atoms with van der Waals surface area (Å²) in [6.45, 7) is 3.89. The Kier molecular flexibility index (Phi) is 8.09. The summed E-state index contributed by atoms with van der Waals surface area (Å²) in [7, 11) is -2.19. The van der Waals surface area contributed by atoms with E-state index in [4.69, 9.17) is 4.74 Å². The predicted octanol–water partition coefficient (Wildman–Crippen LogP) is 3.58. The van der Waals surface area contributed by atoms with Crippen LogP contribution in [0.3, 0.4) is 0 Å². The molecule has 0 aromatic heterocycles. The average molecular weight is 445 g/mol. The highest BCUT2D eigenvalue weighted by atomic mass is 32.2. The second kappa shape index (κ2) is 10.8. The van der Waals surface area contributed by atoms with Gasteiger partial charge in [0.05, 0.1) is 18.0 Å². The zero-order valence-corrected chi connectivity index (χ0v) is 19.2. The first-order chi connectivity index (χ1) is 14.9. The van der Waals surface area contributed by atoms with Crippen LogP contribution >= 0.6 is 0 Å². The van der Waals surface area contributed by atoms with Crippen molar-refractivity contribution >= 4 is 15.9 Å². The Morgan fingerprint density at radius 1 is 1.06 bits per heavy atom. The molecule has 2 aromatic carbocycles. The summed E-state index contributed by atoms with van der Waals surface area (Å²) in [4.78, 5) is 14.7. The van der Waals surface area contributed by atoms with Gasteiger partial charge in [-0.3, -0.25) is 4.79 Å². The fourth-order valence-electron chi connectivity index (χ4n) is 3.91. The average Bonchev–Trinajstić information content (AvgIpc) is 2.79. The summed E-state index contributed by atoms with van der Waals surface area (Å²) in [5.41, 5.74) is 1.30. The molecule has 1 aliphatic rings. The quantitative estimate of drug-likeness (QED) is 0.593. The number of hydrogen-bond donors (Lipinski definition) is 0. The van der Waals surface area contributed by atoms with E-state index in [2.05, 4.69) is 12.1 Å². The second-order valence-corrected chi connectivity index (χ2v) is 10.1. The lowest BCUT2D eigenvalue weighted by Crippen LogP contribution is -2.44. The molecule has 0 unspecified atom stereocenters. The molecule has 31 heavy (non-hydrogen) atoms. The lowest BCUT2D eigenvalue weighted by atomic mass is 9.90. The molecule has 0 radical (unpaired) electrons. The number of likely N-dealkylation sites (N-methyl/N-ethyl adjacent to an activating group) is 1. The molecule has 3 rings (SSSR count). The fourth-order valence-corrected chi connectivity index (χ4v) is 5.05. The van der Waals surface area contributed by atoms with Gasteiger partial charge in [0.25, 0.3) is 0 Å². The van der Waals surface area contributed by atoms with Crippen molar-refractivity contribution in [2.24, 2.45) is 5.92 Å². The van der Waals surface area contributed by atoms with Crippen LogP contribution in [-0.2, 0) is 21.2 Å². The maximum atomic E-state index is 12.7. The van der Waals surface area contributed by atoms with Crippen molar-refractivity contribution in [3.63, 3.8) is 0 Å². The largest absolute Gasteiger partial charge is 0.494 e. The minimum atomic E-state index is -3.65. The third kappa shape index (κ3) is 6.31. The topological polar surface area (TPSA) is 66.9 Å². The minimum Gasteiger partial charge on any atom is -0.494 e. The van der Waals surface area contributed by atoms with E-state index in [9.17, 15) is 13.2 Å². The van der Waals surface area contributed by atoms with Gasteiger partial charge in [-0.25, -0.2) is 8.42 Å². The number of rotatable bonds is 9. The highest BCUT2D eigenvalue weighted by Crippen LogP contribution is 2.24. The van der Waals surface area contributed by atoms with Crippen molar-refractivity contribution < 1.29 is 17.9 Å². The van der Waals surface area contributed by atoms with Crippen molar-refractivity contribution in [1.29, 1.82) is 0 Å². The van der Waals surface area contributed by atoms with Gasteiger partial charge in [-0.15, -0.1) is 0 Å². The lowest BCUT2D eigenvalue weighted by molar-refractivity contribution is -0.132. The van der Waals surface area contributed by atoms with Gasteiger partial charge < -0.3 is 9.64 Å². The zero-order chi connectivity index (χ0) is 22.3. The van der Waals surface area contributed by atoms with Crippen LogP contribution < -0.4 is 4.74 Å². The number of likely N-dealkylation sites (tertiary alicyclic amines) is 1. The molecule has 2 aromatic rings. The number of hydrogen-bond acceptors (Lipinski definition) is 4. The maximum absolute atomic E-state index is 12.7. The molecule has 7 heteroatoms. The van der Waals surface area contributed by atoms with Gasteiger partial charge in [0, 0.05) is 20.1 Å². The SMILES string of the molecule is CCOc1ccc(CCC2CCN(C(=O)CN(C)S(=O)(=O)c3ccccc3)CC2)cc1. The highest BCUT2D eigenvalue weighted by Gasteiger charge is 2.27. The fraction of sp³-hybridized carbons (Fsp3) is 0.458. The Labute approximate surface area is 185 Å². The molecular weight excluding hydrogens is 412 g/mol. The Hall–Kier alpha value is -2.38. The van der Waals surface area contributed by atoms with Gasteiger partial charge in [0.1, 0.15) is 5.75 Å². The Balaban J connectivity index is 1.44. The number of benzene rings is 2. The molecule has 0 atom stereocenters. The van der Waals surface area contributed by atoms with E-state index in [0.717, 1.165) is 35.7 Å². The molecule has 1 amide bonds. The summed E-state index contributed by atoms with van der Waals surface area (Å²) in [6, 6.07) is 16.5. The molecule has 1 fully saturated rings. The lowest BCUT2D eigenvalue weighted by Gasteiger charge is -2.33. The van der Waals surface area contributed by atoms with E-state index >= 15 is 0 Å². The number of amides is 1. The molecule has 1 heterocycles.